The Kier molecular flexibility index (Phi) is 4.50. The smallest absolute Gasteiger partial charge is 0.133 e. The minimum absolute atomic E-state index is 0.0873. The molecule has 0 radical (unpaired) electrons. The Bertz CT molecular complexity index is 599. The number of nitrogens with two attached hydrogens (primary N) is 1. The summed E-state index contributed by atoms with van der Waals surface area (Å²) in [5.74, 6) is 1.54. The summed E-state index contributed by atoms with van der Waals surface area (Å²) in [5.41, 5.74) is 7.92. The minimum atomic E-state index is -0.0873. The maximum Gasteiger partial charge on any atom is 0.133 e. The van der Waals surface area contributed by atoms with Crippen LogP contribution in [0.5, 0.6) is 11.5 Å². The van der Waals surface area contributed by atoms with E-state index in [-0.39, 0.29) is 6.04 Å². The van der Waals surface area contributed by atoms with Crippen molar-refractivity contribution < 1.29 is 4.74 Å². The lowest BCUT2D eigenvalue weighted by atomic mass is 10.1. The predicted molar refractivity (Wildman–Crippen MR) is 83.0 cm³/mol. The van der Waals surface area contributed by atoms with Crippen LogP contribution in [-0.2, 0) is 0 Å². The summed E-state index contributed by atoms with van der Waals surface area (Å²) in [4.78, 5) is 0. The zero-order chi connectivity index (χ0) is 14.0. The van der Waals surface area contributed by atoms with Gasteiger partial charge in [-0.25, -0.2) is 0 Å². The van der Waals surface area contributed by atoms with E-state index >= 15 is 0 Å². The van der Waals surface area contributed by atoms with Crippen LogP contribution in [0.3, 0.4) is 0 Å². The van der Waals surface area contributed by atoms with E-state index in [1.54, 1.807) is 0 Å². The standard InChI is InChI=1S/C15H15BrClNO/c1-9-7-12(17)4-6-14(9)19-15-8-11(16)3-5-13(15)10(2)18/h3-8,10H,18H2,1-2H3. The van der Waals surface area contributed by atoms with Gasteiger partial charge in [0.2, 0.25) is 0 Å². The molecule has 2 aromatic carbocycles. The molecule has 2 N–H and O–H groups in total. The molecule has 2 nitrogen and oxygen atoms in total. The number of ether oxygens (including phenoxy) is 1. The molecule has 1 atom stereocenters. The van der Waals surface area contributed by atoms with Gasteiger partial charge in [0.25, 0.3) is 0 Å². The lowest BCUT2D eigenvalue weighted by Crippen LogP contribution is -2.06. The molecule has 2 aromatic rings. The van der Waals surface area contributed by atoms with Gasteiger partial charge in [-0.2, -0.15) is 0 Å². The molecule has 0 spiro atoms. The molecule has 0 heterocycles. The Morgan fingerprint density at radius 2 is 1.89 bits per heavy atom. The molecule has 0 bridgehead atoms. The van der Waals surface area contributed by atoms with Gasteiger partial charge >= 0.3 is 0 Å². The van der Waals surface area contributed by atoms with E-state index in [4.69, 9.17) is 22.1 Å². The van der Waals surface area contributed by atoms with Crippen molar-refractivity contribution in [3.63, 3.8) is 0 Å². The first kappa shape index (κ1) is 14.4. The summed E-state index contributed by atoms with van der Waals surface area (Å²) in [6.07, 6.45) is 0. The zero-order valence-electron chi connectivity index (χ0n) is 10.8. The zero-order valence-corrected chi connectivity index (χ0v) is 13.1. The van der Waals surface area contributed by atoms with Gasteiger partial charge in [-0.3, -0.25) is 0 Å². The average molecular weight is 341 g/mol. The molecule has 0 fully saturated rings. The van der Waals surface area contributed by atoms with Crippen LogP contribution in [0.25, 0.3) is 0 Å². The van der Waals surface area contributed by atoms with Crippen LogP contribution in [0.4, 0.5) is 0 Å². The van der Waals surface area contributed by atoms with E-state index in [1.807, 2.05) is 50.2 Å². The van der Waals surface area contributed by atoms with Crippen molar-refractivity contribution in [3.05, 3.63) is 57.0 Å². The first-order chi connectivity index (χ1) is 8.97. The molecule has 2 rings (SSSR count). The first-order valence-electron chi connectivity index (χ1n) is 5.96. The SMILES string of the molecule is Cc1cc(Cl)ccc1Oc1cc(Br)ccc1C(C)N. The monoisotopic (exact) mass is 339 g/mol. The summed E-state index contributed by atoms with van der Waals surface area (Å²) < 4.78 is 6.93. The van der Waals surface area contributed by atoms with Crippen molar-refractivity contribution >= 4 is 27.5 Å². The number of rotatable bonds is 3. The van der Waals surface area contributed by atoms with E-state index < -0.39 is 0 Å². The summed E-state index contributed by atoms with van der Waals surface area (Å²) >= 11 is 9.39. The summed E-state index contributed by atoms with van der Waals surface area (Å²) in [7, 11) is 0. The lowest BCUT2D eigenvalue weighted by molar-refractivity contribution is 0.468. The average Bonchev–Trinajstić information content (AvgIpc) is 2.32. The minimum Gasteiger partial charge on any atom is -0.457 e. The Morgan fingerprint density at radius 3 is 2.53 bits per heavy atom. The molecule has 0 aliphatic rings. The molecule has 0 amide bonds. The van der Waals surface area contributed by atoms with E-state index in [2.05, 4.69) is 15.9 Å². The number of aryl methyl sites for hydroxylation is 1. The Labute approximate surface area is 126 Å². The summed E-state index contributed by atoms with van der Waals surface area (Å²) in [5, 5.41) is 0.700. The van der Waals surface area contributed by atoms with Gasteiger partial charge in [0.1, 0.15) is 11.5 Å². The second-order valence-electron chi connectivity index (χ2n) is 4.48. The van der Waals surface area contributed by atoms with Gasteiger partial charge in [-0.15, -0.1) is 0 Å². The van der Waals surface area contributed by atoms with Gasteiger partial charge < -0.3 is 10.5 Å². The molecule has 4 heteroatoms. The molecule has 100 valence electrons. The predicted octanol–water partition coefficient (Wildman–Crippen LogP) is 5.22. The number of hydrogen-bond donors (Lipinski definition) is 1. The normalized spacial score (nSPS) is 12.3. The van der Waals surface area contributed by atoms with Crippen molar-refractivity contribution in [1.29, 1.82) is 0 Å². The highest BCUT2D eigenvalue weighted by molar-refractivity contribution is 9.10. The fourth-order valence-electron chi connectivity index (χ4n) is 1.82. The molecule has 0 saturated heterocycles. The summed E-state index contributed by atoms with van der Waals surface area (Å²) in [6, 6.07) is 11.3. The van der Waals surface area contributed by atoms with E-state index in [9.17, 15) is 0 Å². The summed E-state index contributed by atoms with van der Waals surface area (Å²) in [6.45, 7) is 3.90. The molecule has 19 heavy (non-hydrogen) atoms. The number of halogens is 2. The van der Waals surface area contributed by atoms with Crippen LogP contribution in [0, 0.1) is 6.92 Å². The fraction of sp³-hybridized carbons (Fsp3) is 0.200. The third kappa shape index (κ3) is 3.50. The molecule has 0 aromatic heterocycles. The van der Waals surface area contributed by atoms with Crippen LogP contribution in [0.1, 0.15) is 24.1 Å². The van der Waals surface area contributed by atoms with Gasteiger partial charge in [0.05, 0.1) is 0 Å². The molecular weight excluding hydrogens is 326 g/mol. The van der Waals surface area contributed by atoms with E-state index in [0.717, 1.165) is 27.1 Å². The van der Waals surface area contributed by atoms with Gasteiger partial charge in [0, 0.05) is 21.1 Å². The van der Waals surface area contributed by atoms with Gasteiger partial charge in [0.15, 0.2) is 0 Å². The van der Waals surface area contributed by atoms with E-state index in [1.165, 1.54) is 0 Å². The molecular formula is C15H15BrClNO. The van der Waals surface area contributed by atoms with Crippen LogP contribution in [0.15, 0.2) is 40.9 Å². The third-order valence-electron chi connectivity index (χ3n) is 2.82. The molecule has 1 unspecified atom stereocenters. The van der Waals surface area contributed by atoms with E-state index in [0.29, 0.717) is 5.02 Å². The van der Waals surface area contributed by atoms with Crippen LogP contribution in [-0.4, -0.2) is 0 Å². The highest BCUT2D eigenvalue weighted by Crippen LogP contribution is 2.33. The maximum atomic E-state index is 5.97. The van der Waals surface area contributed by atoms with Crippen molar-refractivity contribution in [2.75, 3.05) is 0 Å². The van der Waals surface area contributed by atoms with Crippen LogP contribution < -0.4 is 10.5 Å². The second kappa shape index (κ2) is 5.95. The van der Waals surface area contributed by atoms with Crippen LogP contribution >= 0.6 is 27.5 Å². The molecule has 0 saturated carbocycles. The highest BCUT2D eigenvalue weighted by Gasteiger charge is 2.11. The third-order valence-corrected chi connectivity index (χ3v) is 3.55. The second-order valence-corrected chi connectivity index (χ2v) is 5.83. The quantitative estimate of drug-likeness (QED) is 0.831. The Morgan fingerprint density at radius 1 is 1.16 bits per heavy atom. The fourth-order valence-corrected chi connectivity index (χ4v) is 2.39. The highest BCUT2D eigenvalue weighted by atomic mass is 79.9. The Balaban J connectivity index is 2.39. The largest absolute Gasteiger partial charge is 0.457 e. The van der Waals surface area contributed by atoms with Gasteiger partial charge in [-0.1, -0.05) is 33.6 Å². The Hall–Kier alpha value is -1.03. The van der Waals surface area contributed by atoms with Crippen molar-refractivity contribution in [3.8, 4) is 11.5 Å². The topological polar surface area (TPSA) is 35.2 Å². The maximum absolute atomic E-state index is 5.97. The van der Waals surface area contributed by atoms with Crippen molar-refractivity contribution in [2.24, 2.45) is 5.73 Å². The number of hydrogen-bond acceptors (Lipinski definition) is 2. The number of benzene rings is 2. The van der Waals surface area contributed by atoms with Crippen molar-refractivity contribution in [1.82, 2.24) is 0 Å². The lowest BCUT2D eigenvalue weighted by Gasteiger charge is -2.15. The van der Waals surface area contributed by atoms with Crippen molar-refractivity contribution in [2.45, 2.75) is 19.9 Å². The molecule has 0 aliphatic carbocycles. The first-order valence-corrected chi connectivity index (χ1v) is 7.13. The van der Waals surface area contributed by atoms with Crippen LogP contribution in [0.2, 0.25) is 5.02 Å². The van der Waals surface area contributed by atoms with Gasteiger partial charge in [-0.05, 0) is 49.7 Å². The molecule has 0 aliphatic heterocycles.